The largest absolute Gasteiger partial charge is 0.414 e. The summed E-state index contributed by atoms with van der Waals surface area (Å²) in [6, 6.07) is 6.79. The Morgan fingerprint density at radius 2 is 1.58 bits per heavy atom. The summed E-state index contributed by atoms with van der Waals surface area (Å²) in [6.45, 7) is 13.6. The molecule has 0 saturated heterocycles. The molecule has 0 atom stereocenters. The molecule has 1 aromatic rings. The zero-order valence-electron chi connectivity index (χ0n) is 17.0. The molecule has 4 nitrogen and oxygen atoms in total. The van der Waals surface area contributed by atoms with E-state index in [1.165, 1.54) is 0 Å². The lowest BCUT2D eigenvalue weighted by molar-refractivity contribution is 0.0999. The molecule has 1 fully saturated rings. The van der Waals surface area contributed by atoms with Crippen LogP contribution in [0.25, 0.3) is 0 Å². The van der Waals surface area contributed by atoms with Gasteiger partial charge in [0.2, 0.25) is 0 Å². The summed E-state index contributed by atoms with van der Waals surface area (Å²) in [7, 11) is -5.40. The molecule has 1 aliphatic rings. The second-order valence-corrected chi connectivity index (χ2v) is 15.4. The second-order valence-electron chi connectivity index (χ2n) is 9.07. The first kappa shape index (κ1) is 21.6. The van der Waals surface area contributed by atoms with Crippen molar-refractivity contribution in [2.75, 3.05) is 6.61 Å². The number of hydrogen-bond acceptors (Lipinski definition) is 4. The van der Waals surface area contributed by atoms with Crippen molar-refractivity contribution in [2.45, 2.75) is 82.5 Å². The van der Waals surface area contributed by atoms with Gasteiger partial charge in [-0.15, -0.1) is 0 Å². The quantitative estimate of drug-likeness (QED) is 0.483. The minimum atomic E-state index is -3.66. The van der Waals surface area contributed by atoms with E-state index in [1.54, 1.807) is 24.3 Å². The fraction of sp³-hybridized carbons (Fsp3) is 0.700. The molecule has 1 saturated carbocycles. The summed E-state index contributed by atoms with van der Waals surface area (Å²) in [6.07, 6.45) is 4.21. The summed E-state index contributed by atoms with van der Waals surface area (Å²) < 4.78 is 36.4. The van der Waals surface area contributed by atoms with Crippen LogP contribution >= 0.6 is 0 Å². The van der Waals surface area contributed by atoms with Crippen molar-refractivity contribution in [3.05, 3.63) is 29.8 Å². The Labute approximate surface area is 160 Å². The van der Waals surface area contributed by atoms with Crippen LogP contribution in [-0.4, -0.2) is 29.4 Å². The van der Waals surface area contributed by atoms with Gasteiger partial charge in [-0.1, -0.05) is 38.5 Å². The second kappa shape index (κ2) is 8.13. The molecule has 0 amide bonds. The molecule has 0 unspecified atom stereocenters. The van der Waals surface area contributed by atoms with E-state index in [9.17, 15) is 8.42 Å². The predicted octanol–water partition coefficient (Wildman–Crippen LogP) is 5.28. The normalized spacial score (nSPS) is 22.4. The number of rotatable bonds is 6. The van der Waals surface area contributed by atoms with Gasteiger partial charge in [0.25, 0.3) is 10.1 Å². The lowest BCUT2D eigenvalue weighted by Crippen LogP contribution is -2.44. The molecular weight excluding hydrogens is 364 g/mol. The third-order valence-corrected chi connectivity index (χ3v) is 11.7. The van der Waals surface area contributed by atoms with E-state index in [1.807, 2.05) is 6.92 Å². The molecule has 148 valence electrons. The Balaban J connectivity index is 1.83. The average molecular weight is 399 g/mol. The van der Waals surface area contributed by atoms with Crippen LogP contribution in [0.1, 0.15) is 52.0 Å². The minimum absolute atomic E-state index is 0.217. The summed E-state index contributed by atoms with van der Waals surface area (Å²) >= 11 is 0. The van der Waals surface area contributed by atoms with Crippen LogP contribution in [0.3, 0.4) is 0 Å². The molecule has 0 radical (unpaired) electrons. The van der Waals surface area contributed by atoms with Gasteiger partial charge in [0.1, 0.15) is 0 Å². The van der Waals surface area contributed by atoms with Gasteiger partial charge in [-0.3, -0.25) is 4.18 Å². The average Bonchev–Trinajstić information content (AvgIpc) is 2.53. The van der Waals surface area contributed by atoms with Gasteiger partial charge in [0.15, 0.2) is 8.32 Å². The van der Waals surface area contributed by atoms with Gasteiger partial charge < -0.3 is 4.43 Å². The van der Waals surface area contributed by atoms with E-state index in [0.29, 0.717) is 6.10 Å². The highest BCUT2D eigenvalue weighted by Crippen LogP contribution is 2.39. The van der Waals surface area contributed by atoms with Crippen LogP contribution in [0.2, 0.25) is 18.1 Å². The van der Waals surface area contributed by atoms with E-state index in [2.05, 4.69) is 33.9 Å². The van der Waals surface area contributed by atoms with E-state index in [0.717, 1.165) is 31.2 Å². The molecule has 0 heterocycles. The van der Waals surface area contributed by atoms with Crippen molar-refractivity contribution < 1.29 is 17.0 Å². The summed E-state index contributed by atoms with van der Waals surface area (Å²) in [4.78, 5) is 0.234. The monoisotopic (exact) mass is 398 g/mol. The first-order valence-corrected chi connectivity index (χ1v) is 13.9. The van der Waals surface area contributed by atoms with Gasteiger partial charge in [0, 0.05) is 6.10 Å². The Bertz CT molecular complexity index is 682. The Morgan fingerprint density at radius 3 is 2.08 bits per heavy atom. The van der Waals surface area contributed by atoms with Crippen molar-refractivity contribution in [2.24, 2.45) is 5.92 Å². The minimum Gasteiger partial charge on any atom is -0.414 e. The predicted molar refractivity (Wildman–Crippen MR) is 108 cm³/mol. The topological polar surface area (TPSA) is 52.6 Å². The van der Waals surface area contributed by atoms with E-state index >= 15 is 0 Å². The van der Waals surface area contributed by atoms with Crippen molar-refractivity contribution in [3.63, 3.8) is 0 Å². The van der Waals surface area contributed by atoms with Crippen LogP contribution < -0.4 is 0 Å². The maximum absolute atomic E-state index is 12.3. The lowest BCUT2D eigenvalue weighted by atomic mass is 9.88. The number of benzene rings is 1. The molecule has 0 aromatic heterocycles. The standard InChI is InChI=1S/C20H34O4SSi/c1-16-7-13-19(14-8-16)25(21,22)23-15-17-9-11-18(12-10-17)24-26(5,6)20(2,3)4/h7-8,13-14,17-18H,9-12,15H2,1-6H3/t17-,18+. The summed E-state index contributed by atoms with van der Waals surface area (Å²) in [5, 5.41) is 0.217. The highest BCUT2D eigenvalue weighted by molar-refractivity contribution is 7.86. The van der Waals surface area contributed by atoms with Crippen LogP contribution in [0, 0.1) is 12.8 Å². The number of aryl methyl sites for hydroxylation is 1. The molecule has 0 aliphatic heterocycles. The van der Waals surface area contributed by atoms with Crippen LogP contribution in [0.5, 0.6) is 0 Å². The molecule has 0 N–H and O–H groups in total. The SMILES string of the molecule is Cc1ccc(S(=O)(=O)OC[C@H]2CC[C@@H](O[Si](C)(C)C(C)(C)C)CC2)cc1. The lowest BCUT2D eigenvalue weighted by Gasteiger charge is -2.41. The summed E-state index contributed by atoms with van der Waals surface area (Å²) in [5.74, 6) is 0.287. The van der Waals surface area contributed by atoms with Crippen molar-refractivity contribution in [3.8, 4) is 0 Å². The molecule has 1 aliphatic carbocycles. The highest BCUT2D eigenvalue weighted by atomic mass is 32.2. The fourth-order valence-corrected chi connectivity index (χ4v) is 5.37. The van der Waals surface area contributed by atoms with Crippen LogP contribution in [0.15, 0.2) is 29.2 Å². The molecule has 0 bridgehead atoms. The highest BCUT2D eigenvalue weighted by Gasteiger charge is 2.39. The Hall–Kier alpha value is -0.693. The van der Waals surface area contributed by atoms with E-state index in [4.69, 9.17) is 8.61 Å². The zero-order valence-corrected chi connectivity index (χ0v) is 18.9. The van der Waals surface area contributed by atoms with Gasteiger partial charge in [-0.05, 0) is 68.8 Å². The maximum Gasteiger partial charge on any atom is 0.296 e. The Morgan fingerprint density at radius 1 is 1.04 bits per heavy atom. The molecule has 6 heteroatoms. The van der Waals surface area contributed by atoms with Gasteiger partial charge in [-0.25, -0.2) is 0 Å². The van der Waals surface area contributed by atoms with Gasteiger partial charge in [0.05, 0.1) is 11.5 Å². The first-order valence-electron chi connectivity index (χ1n) is 9.55. The Kier molecular flexibility index (Phi) is 6.75. The fourth-order valence-electron chi connectivity index (χ4n) is 2.97. The smallest absolute Gasteiger partial charge is 0.296 e. The van der Waals surface area contributed by atoms with Gasteiger partial charge in [-0.2, -0.15) is 8.42 Å². The third-order valence-electron chi connectivity index (χ3n) is 5.83. The van der Waals surface area contributed by atoms with Crippen molar-refractivity contribution >= 4 is 18.4 Å². The van der Waals surface area contributed by atoms with Crippen LogP contribution in [-0.2, 0) is 18.7 Å². The molecule has 1 aromatic carbocycles. The summed E-state index contributed by atoms with van der Waals surface area (Å²) in [5.41, 5.74) is 1.03. The molecular formula is C20H34O4SSi. The zero-order chi connectivity index (χ0) is 19.6. The van der Waals surface area contributed by atoms with Crippen LogP contribution in [0.4, 0.5) is 0 Å². The first-order chi connectivity index (χ1) is 11.9. The van der Waals surface area contributed by atoms with E-state index < -0.39 is 18.4 Å². The van der Waals surface area contributed by atoms with E-state index in [-0.39, 0.29) is 22.5 Å². The maximum atomic E-state index is 12.3. The molecule has 2 rings (SSSR count). The van der Waals surface area contributed by atoms with Crippen molar-refractivity contribution in [1.29, 1.82) is 0 Å². The number of hydrogen-bond donors (Lipinski definition) is 0. The van der Waals surface area contributed by atoms with Gasteiger partial charge >= 0.3 is 0 Å². The molecule has 26 heavy (non-hydrogen) atoms. The van der Waals surface area contributed by atoms with Crippen molar-refractivity contribution in [1.82, 2.24) is 0 Å². The molecule has 0 spiro atoms. The third kappa shape index (κ3) is 5.65.